The summed E-state index contributed by atoms with van der Waals surface area (Å²) in [6, 6.07) is 3.76. The molecule has 0 aliphatic rings. The van der Waals surface area contributed by atoms with Crippen molar-refractivity contribution >= 4 is 28.5 Å². The first-order valence-corrected chi connectivity index (χ1v) is 6.56. The minimum atomic E-state index is -1.51. The van der Waals surface area contributed by atoms with Gasteiger partial charge in [0.1, 0.15) is 5.75 Å². The molecule has 0 aliphatic heterocycles. The van der Waals surface area contributed by atoms with Crippen molar-refractivity contribution in [3.05, 3.63) is 22.2 Å². The molecule has 0 aliphatic carbocycles. The fourth-order valence-electron chi connectivity index (χ4n) is 1.75. The van der Waals surface area contributed by atoms with E-state index in [-0.39, 0.29) is 0 Å². The van der Waals surface area contributed by atoms with Crippen molar-refractivity contribution in [2.24, 2.45) is 5.92 Å². The summed E-state index contributed by atoms with van der Waals surface area (Å²) in [6.07, 6.45) is 0.894. The minimum absolute atomic E-state index is 0.414. The third kappa shape index (κ3) is 4.01. The molecular weight excluding hydrogens is 283 g/mol. The van der Waals surface area contributed by atoms with Crippen molar-refractivity contribution in [2.75, 3.05) is 6.61 Å². The fourth-order valence-corrected chi connectivity index (χ4v) is 2.39. The molecule has 94 valence electrons. The lowest BCUT2D eigenvalue weighted by molar-refractivity contribution is 0.337. The van der Waals surface area contributed by atoms with Crippen molar-refractivity contribution in [3.63, 3.8) is 0 Å². The molecule has 1 aromatic rings. The van der Waals surface area contributed by atoms with Gasteiger partial charge >= 0.3 is 7.12 Å². The number of halogens is 1. The molecule has 0 atom stereocenters. The Balaban J connectivity index is 3.16. The maximum Gasteiger partial charge on any atom is 0.492 e. The number of rotatable bonds is 5. The lowest BCUT2D eigenvalue weighted by Crippen LogP contribution is -2.32. The maximum atomic E-state index is 9.37. The van der Waals surface area contributed by atoms with Gasteiger partial charge in [0.15, 0.2) is 0 Å². The van der Waals surface area contributed by atoms with Crippen LogP contribution in [0.25, 0.3) is 0 Å². The van der Waals surface area contributed by atoms with Gasteiger partial charge in [0.2, 0.25) is 0 Å². The highest BCUT2D eigenvalue weighted by molar-refractivity contribution is 9.10. The molecule has 17 heavy (non-hydrogen) atoms. The average Bonchev–Trinajstić information content (AvgIpc) is 2.20. The third-order valence-corrected chi connectivity index (χ3v) is 2.93. The lowest BCUT2D eigenvalue weighted by Gasteiger charge is -2.15. The number of hydrogen-bond donors (Lipinski definition) is 2. The van der Waals surface area contributed by atoms with Gasteiger partial charge in [0, 0.05) is 5.46 Å². The van der Waals surface area contributed by atoms with Crippen molar-refractivity contribution in [3.8, 4) is 5.75 Å². The van der Waals surface area contributed by atoms with Crippen LogP contribution in [0.4, 0.5) is 0 Å². The third-order valence-electron chi connectivity index (χ3n) is 2.34. The molecule has 0 fully saturated rings. The molecule has 0 bridgehead atoms. The standard InChI is InChI=1S/C12H18BBrO3/c1-4-17-12-10(13(15)16)6-9(5-8(2)3)7-11(12)14/h6-8,15-16H,4-5H2,1-3H3. The zero-order valence-corrected chi connectivity index (χ0v) is 12.0. The summed E-state index contributed by atoms with van der Waals surface area (Å²) >= 11 is 3.41. The Morgan fingerprint density at radius 3 is 2.47 bits per heavy atom. The van der Waals surface area contributed by atoms with Gasteiger partial charge in [0.25, 0.3) is 0 Å². The normalized spacial score (nSPS) is 10.8. The fraction of sp³-hybridized carbons (Fsp3) is 0.500. The van der Waals surface area contributed by atoms with E-state index in [4.69, 9.17) is 4.74 Å². The number of benzene rings is 1. The van der Waals surface area contributed by atoms with Crippen LogP contribution in [0.1, 0.15) is 26.3 Å². The first-order chi connectivity index (χ1) is 7.95. The van der Waals surface area contributed by atoms with E-state index in [9.17, 15) is 10.0 Å². The van der Waals surface area contributed by atoms with Gasteiger partial charge < -0.3 is 14.8 Å². The molecule has 0 radical (unpaired) electrons. The Bertz CT molecular complexity index is 380. The van der Waals surface area contributed by atoms with Gasteiger partial charge in [-0.2, -0.15) is 0 Å². The first-order valence-electron chi connectivity index (χ1n) is 5.77. The van der Waals surface area contributed by atoms with Gasteiger partial charge in [-0.1, -0.05) is 19.9 Å². The van der Waals surface area contributed by atoms with E-state index in [1.165, 1.54) is 0 Å². The van der Waals surface area contributed by atoms with Gasteiger partial charge in [-0.25, -0.2) is 0 Å². The Morgan fingerprint density at radius 2 is 2.00 bits per heavy atom. The highest BCUT2D eigenvalue weighted by Crippen LogP contribution is 2.25. The summed E-state index contributed by atoms with van der Waals surface area (Å²) in [5.41, 5.74) is 1.48. The monoisotopic (exact) mass is 300 g/mol. The number of hydrogen-bond acceptors (Lipinski definition) is 3. The molecule has 0 heterocycles. The van der Waals surface area contributed by atoms with E-state index >= 15 is 0 Å². The molecule has 0 saturated heterocycles. The smallest absolute Gasteiger partial charge is 0.492 e. The Hall–Kier alpha value is -0.515. The Labute approximate surface area is 111 Å². The zero-order chi connectivity index (χ0) is 13.0. The van der Waals surface area contributed by atoms with E-state index in [0.717, 1.165) is 16.5 Å². The molecule has 3 nitrogen and oxygen atoms in total. The molecule has 5 heteroatoms. The Kier molecular flexibility index (Phi) is 5.50. The van der Waals surface area contributed by atoms with Crippen LogP contribution in [-0.2, 0) is 6.42 Å². The second kappa shape index (κ2) is 6.43. The van der Waals surface area contributed by atoms with Gasteiger partial charge in [-0.3, -0.25) is 0 Å². The van der Waals surface area contributed by atoms with Crippen LogP contribution in [0.3, 0.4) is 0 Å². The Morgan fingerprint density at radius 1 is 1.35 bits per heavy atom. The van der Waals surface area contributed by atoms with Crippen LogP contribution in [0, 0.1) is 5.92 Å². The van der Waals surface area contributed by atoms with Gasteiger partial charge in [-0.15, -0.1) is 0 Å². The van der Waals surface area contributed by atoms with Crippen molar-refractivity contribution < 1.29 is 14.8 Å². The molecule has 0 aromatic heterocycles. The lowest BCUT2D eigenvalue weighted by atomic mass is 9.78. The van der Waals surface area contributed by atoms with Crippen LogP contribution in [0.5, 0.6) is 5.75 Å². The topological polar surface area (TPSA) is 49.7 Å². The van der Waals surface area contributed by atoms with Crippen LogP contribution >= 0.6 is 15.9 Å². The van der Waals surface area contributed by atoms with E-state index in [1.54, 1.807) is 6.07 Å². The zero-order valence-electron chi connectivity index (χ0n) is 10.4. The summed E-state index contributed by atoms with van der Waals surface area (Å²) in [6.45, 7) is 6.60. The van der Waals surface area contributed by atoms with Crippen LogP contribution in [-0.4, -0.2) is 23.8 Å². The van der Waals surface area contributed by atoms with E-state index in [2.05, 4.69) is 29.8 Å². The quantitative estimate of drug-likeness (QED) is 0.814. The van der Waals surface area contributed by atoms with Crippen molar-refractivity contribution in [1.29, 1.82) is 0 Å². The predicted molar refractivity (Wildman–Crippen MR) is 73.7 cm³/mol. The van der Waals surface area contributed by atoms with Crippen molar-refractivity contribution in [1.82, 2.24) is 0 Å². The highest BCUT2D eigenvalue weighted by atomic mass is 79.9. The molecule has 1 rings (SSSR count). The van der Waals surface area contributed by atoms with Crippen LogP contribution in [0.15, 0.2) is 16.6 Å². The second-order valence-corrected chi connectivity index (χ2v) is 5.25. The maximum absolute atomic E-state index is 9.37. The molecule has 0 spiro atoms. The number of ether oxygens (including phenoxy) is 1. The van der Waals surface area contributed by atoms with Crippen molar-refractivity contribution in [2.45, 2.75) is 27.2 Å². The van der Waals surface area contributed by atoms with E-state index < -0.39 is 7.12 Å². The van der Waals surface area contributed by atoms with E-state index in [1.807, 2.05) is 13.0 Å². The van der Waals surface area contributed by atoms with E-state index in [0.29, 0.717) is 23.7 Å². The van der Waals surface area contributed by atoms with Gasteiger partial charge in [-0.05, 0) is 46.8 Å². The summed E-state index contributed by atoms with van der Waals surface area (Å²) in [5, 5.41) is 18.7. The van der Waals surface area contributed by atoms with Gasteiger partial charge in [0.05, 0.1) is 11.1 Å². The largest absolute Gasteiger partial charge is 0.493 e. The molecular formula is C12H18BBrO3. The predicted octanol–water partition coefficient (Wildman–Crippen LogP) is 1.73. The average molecular weight is 301 g/mol. The van der Waals surface area contributed by atoms with Crippen LogP contribution in [0.2, 0.25) is 0 Å². The summed E-state index contributed by atoms with van der Waals surface area (Å²) in [7, 11) is -1.51. The second-order valence-electron chi connectivity index (χ2n) is 4.40. The summed E-state index contributed by atoms with van der Waals surface area (Å²) < 4.78 is 6.19. The molecule has 0 amide bonds. The molecule has 1 aromatic carbocycles. The summed E-state index contributed by atoms with van der Waals surface area (Å²) in [4.78, 5) is 0. The molecule has 2 N–H and O–H groups in total. The summed E-state index contributed by atoms with van der Waals surface area (Å²) in [5.74, 6) is 1.03. The molecule has 0 unspecified atom stereocenters. The highest BCUT2D eigenvalue weighted by Gasteiger charge is 2.20. The minimum Gasteiger partial charge on any atom is -0.493 e. The van der Waals surface area contributed by atoms with Crippen LogP contribution < -0.4 is 10.2 Å². The molecule has 0 saturated carbocycles. The first kappa shape index (κ1) is 14.5. The SMILES string of the molecule is CCOc1c(Br)cc(CC(C)C)cc1B(O)O.